The van der Waals surface area contributed by atoms with Gasteiger partial charge in [-0.2, -0.15) is 0 Å². The van der Waals surface area contributed by atoms with Gasteiger partial charge in [-0.15, -0.1) is 0 Å². The number of carbonyl (C=O) groups excluding carboxylic acids is 1. The summed E-state index contributed by atoms with van der Waals surface area (Å²) >= 11 is 0. The second kappa shape index (κ2) is 10.2. The highest BCUT2D eigenvalue weighted by molar-refractivity contribution is 7.92. The highest BCUT2D eigenvalue weighted by atomic mass is 32.2. The lowest BCUT2D eigenvalue weighted by Crippen LogP contribution is -2.38. The molecule has 1 N–H and O–H groups in total. The number of benzene rings is 3. The zero-order valence-corrected chi connectivity index (χ0v) is 19.7. The summed E-state index contributed by atoms with van der Waals surface area (Å²) in [5.41, 5.74) is 2.58. The Morgan fingerprint density at radius 2 is 1.52 bits per heavy atom. The third-order valence-electron chi connectivity index (χ3n) is 6.14. The number of hydrogen-bond acceptors (Lipinski definition) is 3. The Balaban J connectivity index is 1.74. The van der Waals surface area contributed by atoms with Crippen molar-refractivity contribution in [1.82, 2.24) is 5.32 Å². The lowest BCUT2D eigenvalue weighted by atomic mass is 9.95. The average molecular weight is 463 g/mol. The molecule has 6 heteroatoms. The van der Waals surface area contributed by atoms with E-state index in [2.05, 4.69) is 5.32 Å². The maximum atomic E-state index is 13.8. The molecule has 0 aliphatic heterocycles. The van der Waals surface area contributed by atoms with Gasteiger partial charge in [-0.3, -0.25) is 9.10 Å². The Bertz CT molecular complexity index is 1190. The van der Waals surface area contributed by atoms with Crippen LogP contribution in [0.4, 0.5) is 5.69 Å². The first-order valence-corrected chi connectivity index (χ1v) is 12.9. The van der Waals surface area contributed by atoms with E-state index < -0.39 is 10.0 Å². The maximum Gasteiger partial charge on any atom is 0.264 e. The highest BCUT2D eigenvalue weighted by Gasteiger charge is 2.29. The van der Waals surface area contributed by atoms with Crippen molar-refractivity contribution < 1.29 is 13.2 Å². The van der Waals surface area contributed by atoms with Crippen molar-refractivity contribution in [1.29, 1.82) is 0 Å². The van der Waals surface area contributed by atoms with E-state index in [1.165, 1.54) is 10.7 Å². The minimum atomic E-state index is -3.90. The van der Waals surface area contributed by atoms with Gasteiger partial charge in [0.25, 0.3) is 15.9 Å². The van der Waals surface area contributed by atoms with E-state index >= 15 is 0 Å². The maximum absolute atomic E-state index is 13.8. The lowest BCUT2D eigenvalue weighted by molar-refractivity contribution is 0.0928. The van der Waals surface area contributed by atoms with Crippen molar-refractivity contribution in [3.8, 4) is 0 Å². The van der Waals surface area contributed by atoms with Gasteiger partial charge >= 0.3 is 0 Å². The smallest absolute Gasteiger partial charge is 0.264 e. The lowest BCUT2D eigenvalue weighted by Gasteiger charge is -2.28. The number of para-hydroxylation sites is 1. The van der Waals surface area contributed by atoms with Crippen LogP contribution in [0.25, 0.3) is 0 Å². The van der Waals surface area contributed by atoms with Crippen molar-refractivity contribution in [2.24, 2.45) is 0 Å². The van der Waals surface area contributed by atoms with Crippen LogP contribution in [0.5, 0.6) is 0 Å². The van der Waals surface area contributed by atoms with E-state index in [0.29, 0.717) is 11.3 Å². The summed E-state index contributed by atoms with van der Waals surface area (Å²) in [6.45, 7) is 2.05. The number of amides is 1. The van der Waals surface area contributed by atoms with Gasteiger partial charge in [0.05, 0.1) is 22.7 Å². The molecule has 0 aromatic heterocycles. The zero-order valence-electron chi connectivity index (χ0n) is 18.9. The largest absolute Gasteiger partial charge is 0.349 e. The quantitative estimate of drug-likeness (QED) is 0.507. The Morgan fingerprint density at radius 1 is 0.879 bits per heavy atom. The first-order chi connectivity index (χ1) is 15.9. The minimum absolute atomic E-state index is 0.130. The van der Waals surface area contributed by atoms with E-state index in [4.69, 9.17) is 0 Å². The summed E-state index contributed by atoms with van der Waals surface area (Å²) in [6, 6.07) is 23.4. The number of anilines is 1. The van der Waals surface area contributed by atoms with Gasteiger partial charge in [0.1, 0.15) is 0 Å². The van der Waals surface area contributed by atoms with Gasteiger partial charge in [0.2, 0.25) is 0 Å². The minimum Gasteiger partial charge on any atom is -0.349 e. The number of sulfonamides is 1. The molecule has 1 amide bonds. The number of rotatable bonds is 7. The first-order valence-electron chi connectivity index (χ1n) is 11.5. The molecule has 0 spiro atoms. The van der Waals surface area contributed by atoms with E-state index in [1.54, 1.807) is 48.5 Å². The molecule has 0 heterocycles. The Morgan fingerprint density at radius 3 is 2.21 bits per heavy atom. The monoisotopic (exact) mass is 462 g/mol. The molecule has 1 fully saturated rings. The fourth-order valence-corrected chi connectivity index (χ4v) is 5.75. The summed E-state index contributed by atoms with van der Waals surface area (Å²) in [4.78, 5) is 13.5. The van der Waals surface area contributed by atoms with Gasteiger partial charge in [-0.1, -0.05) is 79.4 Å². The van der Waals surface area contributed by atoms with Crippen LogP contribution in [0.3, 0.4) is 0 Å². The SMILES string of the molecule is Cc1ccc(S(=O)(=O)N(Cc2ccccc2)c2ccccc2C(=O)NC2CCCCC2)cc1. The molecule has 3 aromatic rings. The van der Waals surface area contributed by atoms with Crippen LogP contribution in [-0.4, -0.2) is 20.4 Å². The molecular weight excluding hydrogens is 432 g/mol. The van der Waals surface area contributed by atoms with Gasteiger partial charge < -0.3 is 5.32 Å². The van der Waals surface area contributed by atoms with Crippen LogP contribution < -0.4 is 9.62 Å². The van der Waals surface area contributed by atoms with E-state index in [0.717, 1.165) is 36.8 Å². The molecule has 0 bridgehead atoms. The van der Waals surface area contributed by atoms with Crippen molar-refractivity contribution in [3.63, 3.8) is 0 Å². The van der Waals surface area contributed by atoms with Gasteiger partial charge in [0, 0.05) is 6.04 Å². The Hall–Kier alpha value is -3.12. The van der Waals surface area contributed by atoms with E-state index in [1.807, 2.05) is 37.3 Å². The molecular formula is C27H30N2O3S. The highest BCUT2D eigenvalue weighted by Crippen LogP contribution is 2.30. The third-order valence-corrected chi connectivity index (χ3v) is 7.91. The molecule has 4 rings (SSSR count). The number of aryl methyl sites for hydroxylation is 1. The van der Waals surface area contributed by atoms with E-state index in [-0.39, 0.29) is 23.4 Å². The van der Waals surface area contributed by atoms with Crippen molar-refractivity contribution in [2.45, 2.75) is 56.5 Å². The van der Waals surface area contributed by atoms with Crippen molar-refractivity contribution in [3.05, 3.63) is 95.6 Å². The van der Waals surface area contributed by atoms with Crippen molar-refractivity contribution in [2.75, 3.05) is 4.31 Å². The summed E-state index contributed by atoms with van der Waals surface area (Å²) in [5.74, 6) is -0.227. The normalized spacial score (nSPS) is 14.6. The summed E-state index contributed by atoms with van der Waals surface area (Å²) in [6.07, 6.45) is 5.33. The Labute approximate surface area is 196 Å². The number of nitrogens with one attached hydrogen (secondary N) is 1. The molecule has 33 heavy (non-hydrogen) atoms. The van der Waals surface area contributed by atoms with Crippen molar-refractivity contribution >= 4 is 21.6 Å². The number of carbonyl (C=O) groups is 1. The van der Waals surface area contributed by atoms with Gasteiger partial charge in [-0.25, -0.2) is 8.42 Å². The fourth-order valence-electron chi connectivity index (χ4n) is 4.28. The predicted molar refractivity (Wildman–Crippen MR) is 132 cm³/mol. The first kappa shape index (κ1) is 23.1. The van der Waals surface area contributed by atoms with Crippen LogP contribution in [0.2, 0.25) is 0 Å². The fraction of sp³-hybridized carbons (Fsp3) is 0.296. The van der Waals surface area contributed by atoms with Crippen LogP contribution in [-0.2, 0) is 16.6 Å². The standard InChI is InChI=1S/C27H30N2O3S/c1-21-16-18-24(19-17-21)33(31,32)29(20-22-10-4-2-5-11-22)26-15-9-8-14-25(26)27(30)28-23-12-6-3-7-13-23/h2,4-5,8-11,14-19,23H,3,6-7,12-13,20H2,1H3,(H,28,30). The third kappa shape index (κ3) is 5.45. The van der Waals surface area contributed by atoms with Crippen LogP contribution in [0.15, 0.2) is 83.8 Å². The molecule has 0 atom stereocenters. The summed E-state index contributed by atoms with van der Waals surface area (Å²) in [5, 5.41) is 3.13. The molecule has 0 unspecified atom stereocenters. The van der Waals surface area contributed by atoms with Crippen LogP contribution in [0, 0.1) is 6.92 Å². The molecule has 0 radical (unpaired) electrons. The topological polar surface area (TPSA) is 66.5 Å². The second-order valence-corrected chi connectivity index (χ2v) is 10.5. The molecule has 1 saturated carbocycles. The number of hydrogen-bond donors (Lipinski definition) is 1. The molecule has 172 valence electrons. The van der Waals surface area contributed by atoms with Crippen LogP contribution >= 0.6 is 0 Å². The molecule has 1 aliphatic rings. The van der Waals surface area contributed by atoms with Gasteiger partial charge in [-0.05, 0) is 49.6 Å². The molecule has 5 nitrogen and oxygen atoms in total. The molecule has 3 aromatic carbocycles. The van der Waals surface area contributed by atoms with Gasteiger partial charge in [0.15, 0.2) is 0 Å². The summed E-state index contributed by atoms with van der Waals surface area (Å²) in [7, 11) is -3.90. The Kier molecular flexibility index (Phi) is 7.14. The second-order valence-electron chi connectivity index (χ2n) is 8.64. The molecule has 1 aliphatic carbocycles. The average Bonchev–Trinajstić information content (AvgIpc) is 2.84. The zero-order chi connectivity index (χ0) is 23.3. The predicted octanol–water partition coefficient (Wildman–Crippen LogP) is 5.45. The van der Waals surface area contributed by atoms with Crippen LogP contribution in [0.1, 0.15) is 53.6 Å². The summed E-state index contributed by atoms with van der Waals surface area (Å²) < 4.78 is 29.0. The van der Waals surface area contributed by atoms with E-state index in [9.17, 15) is 13.2 Å². The number of nitrogens with zero attached hydrogens (tertiary/aromatic N) is 1. The molecule has 0 saturated heterocycles.